The van der Waals surface area contributed by atoms with Gasteiger partial charge in [-0.1, -0.05) is 0 Å². The van der Waals surface area contributed by atoms with Gasteiger partial charge in [0.2, 0.25) is 5.95 Å². The van der Waals surface area contributed by atoms with Crippen LogP contribution in [0.5, 0.6) is 0 Å². The van der Waals surface area contributed by atoms with Gasteiger partial charge in [-0.05, 0) is 20.8 Å². The summed E-state index contributed by atoms with van der Waals surface area (Å²) in [6, 6.07) is 0. The number of aliphatic hydroxyl groups is 1. The number of nitrogens with zero attached hydrogens (tertiary/aromatic N) is 3. The molecule has 5 heteroatoms. The zero-order valence-electron chi connectivity index (χ0n) is 9.65. The molecule has 1 rings (SSSR count). The fraction of sp³-hybridized carbons (Fsp3) is 0.600. The summed E-state index contributed by atoms with van der Waals surface area (Å²) in [7, 11) is 1.87. The first-order valence-electron chi connectivity index (χ1n) is 4.82. The van der Waals surface area contributed by atoms with Gasteiger partial charge >= 0.3 is 0 Å². The predicted molar refractivity (Wildman–Crippen MR) is 60.7 cm³/mol. The van der Waals surface area contributed by atoms with Gasteiger partial charge in [0, 0.05) is 25.4 Å². The molecule has 0 atom stereocenters. The lowest BCUT2D eigenvalue weighted by Crippen LogP contribution is -2.37. The van der Waals surface area contributed by atoms with Gasteiger partial charge in [0.15, 0.2) is 0 Å². The Morgan fingerprint density at radius 1 is 1.53 bits per heavy atom. The largest absolute Gasteiger partial charge is 0.389 e. The average Bonchev–Trinajstić information content (AvgIpc) is 2.06. The summed E-state index contributed by atoms with van der Waals surface area (Å²) in [5.41, 5.74) is 5.70. The Hall–Kier alpha value is -1.36. The number of hydrogen-bond donors (Lipinski definition) is 2. The highest BCUT2D eigenvalue weighted by molar-refractivity contribution is 5.47. The van der Waals surface area contributed by atoms with Gasteiger partial charge < -0.3 is 15.7 Å². The zero-order valence-corrected chi connectivity index (χ0v) is 9.65. The molecule has 15 heavy (non-hydrogen) atoms. The minimum atomic E-state index is -0.763. The molecule has 0 spiro atoms. The van der Waals surface area contributed by atoms with Gasteiger partial charge in [0.25, 0.3) is 0 Å². The predicted octanol–water partition coefficient (Wildman–Crippen LogP) is 0.574. The number of hydrogen-bond acceptors (Lipinski definition) is 5. The van der Waals surface area contributed by atoms with Gasteiger partial charge in [-0.15, -0.1) is 0 Å². The van der Waals surface area contributed by atoms with Crippen LogP contribution in [0.25, 0.3) is 0 Å². The minimum Gasteiger partial charge on any atom is -0.389 e. The molecule has 0 unspecified atom stereocenters. The van der Waals surface area contributed by atoms with Crippen LogP contribution in [-0.2, 0) is 0 Å². The first kappa shape index (κ1) is 11.7. The highest BCUT2D eigenvalue weighted by Crippen LogP contribution is 2.17. The van der Waals surface area contributed by atoms with Crippen molar-refractivity contribution in [1.82, 2.24) is 9.97 Å². The van der Waals surface area contributed by atoms with Crippen LogP contribution in [0, 0.1) is 6.92 Å². The standard InChI is InChI=1S/C10H18N4O/c1-7-5-12-9(11)13-8(7)14(4)6-10(2,3)15/h5,15H,6H2,1-4H3,(H2,11,12,13). The molecule has 0 aliphatic carbocycles. The normalized spacial score (nSPS) is 11.5. The van der Waals surface area contributed by atoms with Crippen LogP contribution in [0.2, 0.25) is 0 Å². The van der Waals surface area contributed by atoms with Crippen molar-refractivity contribution in [2.75, 3.05) is 24.2 Å². The van der Waals surface area contributed by atoms with Crippen molar-refractivity contribution in [2.45, 2.75) is 26.4 Å². The summed E-state index contributed by atoms with van der Waals surface area (Å²) in [5.74, 6) is 1.00. The second-order valence-corrected chi connectivity index (χ2v) is 4.40. The van der Waals surface area contributed by atoms with Gasteiger partial charge in [0.1, 0.15) is 5.82 Å². The fourth-order valence-electron chi connectivity index (χ4n) is 1.49. The third-order valence-electron chi connectivity index (χ3n) is 1.95. The molecular formula is C10H18N4O. The molecule has 3 N–H and O–H groups in total. The lowest BCUT2D eigenvalue weighted by atomic mass is 10.1. The number of aryl methyl sites for hydroxylation is 1. The summed E-state index contributed by atoms with van der Waals surface area (Å²) in [6.07, 6.45) is 1.68. The smallest absolute Gasteiger partial charge is 0.221 e. The molecular weight excluding hydrogens is 192 g/mol. The Labute approximate surface area is 90.0 Å². The van der Waals surface area contributed by atoms with E-state index in [0.717, 1.165) is 11.4 Å². The quantitative estimate of drug-likeness (QED) is 0.763. The molecule has 0 aromatic carbocycles. The van der Waals surface area contributed by atoms with E-state index in [1.165, 1.54) is 0 Å². The van der Waals surface area contributed by atoms with E-state index < -0.39 is 5.60 Å². The molecule has 1 aromatic heterocycles. The third-order valence-corrected chi connectivity index (χ3v) is 1.95. The lowest BCUT2D eigenvalue weighted by Gasteiger charge is -2.27. The summed E-state index contributed by atoms with van der Waals surface area (Å²) in [4.78, 5) is 9.90. The minimum absolute atomic E-state index is 0.248. The van der Waals surface area contributed by atoms with Crippen LogP contribution in [0.4, 0.5) is 11.8 Å². The second-order valence-electron chi connectivity index (χ2n) is 4.40. The first-order valence-corrected chi connectivity index (χ1v) is 4.82. The Kier molecular flexibility index (Phi) is 3.14. The number of nitrogens with two attached hydrogens (primary N) is 1. The molecule has 1 aromatic rings. The molecule has 1 heterocycles. The monoisotopic (exact) mass is 210 g/mol. The van der Waals surface area contributed by atoms with E-state index in [4.69, 9.17) is 5.73 Å². The van der Waals surface area contributed by atoms with Gasteiger partial charge in [-0.3, -0.25) is 0 Å². The van der Waals surface area contributed by atoms with Crippen LogP contribution >= 0.6 is 0 Å². The number of aromatic nitrogens is 2. The van der Waals surface area contributed by atoms with E-state index in [-0.39, 0.29) is 5.95 Å². The maximum absolute atomic E-state index is 9.69. The van der Waals surface area contributed by atoms with Gasteiger partial charge in [-0.2, -0.15) is 4.98 Å². The Bertz CT molecular complexity index is 346. The maximum Gasteiger partial charge on any atom is 0.221 e. The summed E-state index contributed by atoms with van der Waals surface area (Å²) < 4.78 is 0. The SMILES string of the molecule is Cc1cnc(N)nc1N(C)CC(C)(C)O. The first-order chi connectivity index (χ1) is 6.79. The number of rotatable bonds is 3. The van der Waals surface area contributed by atoms with Crippen molar-refractivity contribution in [3.8, 4) is 0 Å². The van der Waals surface area contributed by atoms with Crippen LogP contribution in [-0.4, -0.2) is 34.3 Å². The van der Waals surface area contributed by atoms with E-state index in [0.29, 0.717) is 6.54 Å². The number of anilines is 2. The van der Waals surface area contributed by atoms with Crippen molar-refractivity contribution >= 4 is 11.8 Å². The topological polar surface area (TPSA) is 75.3 Å². The van der Waals surface area contributed by atoms with Crippen molar-refractivity contribution in [2.24, 2.45) is 0 Å². The molecule has 0 bridgehead atoms. The summed E-state index contributed by atoms with van der Waals surface area (Å²) in [6.45, 7) is 5.91. The van der Waals surface area contributed by atoms with Gasteiger partial charge in [-0.25, -0.2) is 4.98 Å². The molecule has 5 nitrogen and oxygen atoms in total. The van der Waals surface area contributed by atoms with Crippen molar-refractivity contribution in [3.05, 3.63) is 11.8 Å². The Morgan fingerprint density at radius 3 is 2.67 bits per heavy atom. The lowest BCUT2D eigenvalue weighted by molar-refractivity contribution is 0.0884. The van der Waals surface area contributed by atoms with E-state index in [1.54, 1.807) is 20.0 Å². The molecule has 0 saturated heterocycles. The highest BCUT2D eigenvalue weighted by atomic mass is 16.3. The highest BCUT2D eigenvalue weighted by Gasteiger charge is 2.18. The molecule has 0 amide bonds. The van der Waals surface area contributed by atoms with Crippen molar-refractivity contribution in [1.29, 1.82) is 0 Å². The Balaban J connectivity index is 2.90. The second kappa shape index (κ2) is 4.02. The average molecular weight is 210 g/mol. The van der Waals surface area contributed by atoms with Crippen LogP contribution in [0.1, 0.15) is 19.4 Å². The molecule has 0 radical (unpaired) electrons. The van der Waals surface area contributed by atoms with Crippen LogP contribution < -0.4 is 10.6 Å². The maximum atomic E-state index is 9.69. The van der Waals surface area contributed by atoms with Crippen LogP contribution in [0.15, 0.2) is 6.20 Å². The van der Waals surface area contributed by atoms with E-state index in [2.05, 4.69) is 9.97 Å². The zero-order chi connectivity index (χ0) is 11.6. The molecule has 84 valence electrons. The summed E-state index contributed by atoms with van der Waals surface area (Å²) >= 11 is 0. The van der Waals surface area contributed by atoms with Crippen molar-refractivity contribution < 1.29 is 5.11 Å². The number of likely N-dealkylation sites (N-methyl/N-ethyl adjacent to an activating group) is 1. The van der Waals surface area contributed by atoms with E-state index >= 15 is 0 Å². The molecule has 0 saturated carbocycles. The summed E-state index contributed by atoms with van der Waals surface area (Å²) in [5, 5.41) is 9.69. The Morgan fingerprint density at radius 2 is 2.13 bits per heavy atom. The van der Waals surface area contributed by atoms with E-state index in [1.807, 2.05) is 18.9 Å². The van der Waals surface area contributed by atoms with Gasteiger partial charge in [0.05, 0.1) is 5.60 Å². The van der Waals surface area contributed by atoms with Crippen molar-refractivity contribution in [3.63, 3.8) is 0 Å². The molecule has 0 aliphatic heterocycles. The van der Waals surface area contributed by atoms with Crippen LogP contribution in [0.3, 0.4) is 0 Å². The number of nitrogen functional groups attached to an aromatic ring is 1. The van der Waals surface area contributed by atoms with E-state index in [9.17, 15) is 5.11 Å². The fourth-order valence-corrected chi connectivity index (χ4v) is 1.49. The molecule has 0 aliphatic rings. The molecule has 0 fully saturated rings. The third kappa shape index (κ3) is 3.36.